The molecule has 0 radical (unpaired) electrons. The quantitative estimate of drug-likeness (QED) is 0.436. The van der Waals surface area contributed by atoms with Gasteiger partial charge >= 0.3 is 0 Å². The van der Waals surface area contributed by atoms with Crippen LogP contribution in [0.3, 0.4) is 0 Å². The fraction of sp³-hybridized carbons (Fsp3) is 0.250. The van der Waals surface area contributed by atoms with E-state index in [1.54, 1.807) is 6.08 Å². The van der Waals surface area contributed by atoms with Gasteiger partial charge in [-0.1, -0.05) is 23.8 Å². The molecular formula is C20H18BrNO2. The third kappa shape index (κ3) is 3.11. The predicted octanol–water partition coefficient (Wildman–Crippen LogP) is 4.48. The number of ketones is 2. The summed E-state index contributed by atoms with van der Waals surface area (Å²) in [4.78, 5) is 29.7. The number of hydrogen-bond donors (Lipinski definition) is 0. The summed E-state index contributed by atoms with van der Waals surface area (Å²) >= 11 is 3.32. The number of hydrogen-bond acceptors (Lipinski definition) is 3. The number of rotatable bonds is 2. The molecule has 1 heterocycles. The Morgan fingerprint density at radius 1 is 1.12 bits per heavy atom. The van der Waals surface area contributed by atoms with Crippen LogP contribution >= 0.6 is 15.9 Å². The molecular weight excluding hydrogens is 366 g/mol. The van der Waals surface area contributed by atoms with Crippen LogP contribution in [0.5, 0.6) is 0 Å². The van der Waals surface area contributed by atoms with Crippen LogP contribution in [0, 0.1) is 20.8 Å². The van der Waals surface area contributed by atoms with Crippen LogP contribution in [0.2, 0.25) is 0 Å². The highest BCUT2D eigenvalue weighted by molar-refractivity contribution is 9.10. The number of Topliss-reactive ketones (excluding diaryl/α,β-unsaturated/α-hetero) is 2. The van der Waals surface area contributed by atoms with E-state index in [4.69, 9.17) is 0 Å². The summed E-state index contributed by atoms with van der Waals surface area (Å²) < 4.78 is 0.704. The van der Waals surface area contributed by atoms with E-state index in [0.717, 1.165) is 22.3 Å². The molecule has 1 saturated carbocycles. The van der Waals surface area contributed by atoms with Crippen LogP contribution in [0.1, 0.15) is 40.3 Å². The molecule has 0 N–H and O–H groups in total. The normalized spacial score (nSPS) is 19.3. The van der Waals surface area contributed by atoms with Gasteiger partial charge in [-0.25, -0.2) is 4.98 Å². The van der Waals surface area contributed by atoms with E-state index >= 15 is 0 Å². The third-order valence-corrected chi connectivity index (χ3v) is 4.79. The van der Waals surface area contributed by atoms with Crippen molar-refractivity contribution in [1.82, 2.24) is 4.98 Å². The summed E-state index contributed by atoms with van der Waals surface area (Å²) in [6, 6.07) is 9.56. The predicted molar refractivity (Wildman–Crippen MR) is 97.9 cm³/mol. The number of aryl methyl sites for hydroxylation is 3. The third-order valence-electron chi connectivity index (χ3n) is 4.35. The Bertz CT molecular complexity index is 860. The van der Waals surface area contributed by atoms with E-state index in [9.17, 15) is 9.59 Å². The van der Waals surface area contributed by atoms with Gasteiger partial charge in [0.05, 0.1) is 5.69 Å². The molecule has 4 heteroatoms. The van der Waals surface area contributed by atoms with E-state index in [0.29, 0.717) is 15.9 Å². The van der Waals surface area contributed by atoms with Gasteiger partial charge in [-0.2, -0.15) is 0 Å². The monoisotopic (exact) mass is 383 g/mol. The van der Waals surface area contributed by atoms with Crippen molar-refractivity contribution >= 4 is 33.6 Å². The number of benzene rings is 1. The van der Waals surface area contributed by atoms with Gasteiger partial charge in [0.25, 0.3) is 0 Å². The molecule has 1 atom stereocenters. The van der Waals surface area contributed by atoms with Crippen molar-refractivity contribution in [3.63, 3.8) is 0 Å². The van der Waals surface area contributed by atoms with Gasteiger partial charge in [0, 0.05) is 12.0 Å². The highest BCUT2D eigenvalue weighted by Gasteiger charge is 2.39. The summed E-state index contributed by atoms with van der Waals surface area (Å²) in [5.74, 6) is -0.808. The maximum absolute atomic E-state index is 12.9. The molecule has 1 aliphatic rings. The molecule has 0 aliphatic heterocycles. The van der Waals surface area contributed by atoms with Crippen molar-refractivity contribution in [2.24, 2.45) is 0 Å². The summed E-state index contributed by atoms with van der Waals surface area (Å²) in [5, 5.41) is 0. The number of carbonyl (C=O) groups is 2. The molecule has 1 unspecified atom stereocenters. The second-order valence-electron chi connectivity index (χ2n) is 6.31. The van der Waals surface area contributed by atoms with Gasteiger partial charge in [-0.3, -0.25) is 9.59 Å². The Kier molecular flexibility index (Phi) is 4.50. The first kappa shape index (κ1) is 16.8. The first-order chi connectivity index (χ1) is 11.4. The van der Waals surface area contributed by atoms with Crippen LogP contribution in [0.15, 0.2) is 40.5 Å². The first-order valence-electron chi connectivity index (χ1n) is 7.84. The number of pyridine rings is 1. The highest BCUT2D eigenvalue weighted by atomic mass is 79.9. The average Bonchev–Trinajstić information content (AvgIpc) is 2.74. The number of allylic oxidation sites excluding steroid dienone is 1. The zero-order valence-corrected chi connectivity index (χ0v) is 15.5. The maximum Gasteiger partial charge on any atom is 0.174 e. The largest absolute Gasteiger partial charge is 0.298 e. The average molecular weight is 384 g/mol. The fourth-order valence-corrected chi connectivity index (χ4v) is 3.81. The molecule has 2 aromatic rings. The molecule has 0 spiro atoms. The molecule has 1 fully saturated rings. The smallest absolute Gasteiger partial charge is 0.174 e. The number of aromatic nitrogens is 1. The number of halogens is 1. The zero-order chi connectivity index (χ0) is 17.4. The summed E-state index contributed by atoms with van der Waals surface area (Å²) in [6.45, 7) is 5.95. The number of carbonyl (C=O) groups excluding carboxylic acids is 2. The second kappa shape index (κ2) is 6.44. The molecule has 0 amide bonds. The molecule has 1 aromatic carbocycles. The van der Waals surface area contributed by atoms with Gasteiger partial charge in [-0.05, 0) is 71.6 Å². The lowest BCUT2D eigenvalue weighted by Crippen LogP contribution is -2.15. The molecule has 3 nitrogen and oxygen atoms in total. The fourth-order valence-electron chi connectivity index (χ4n) is 3.45. The van der Waals surface area contributed by atoms with Crippen LogP contribution in [-0.2, 0) is 9.59 Å². The van der Waals surface area contributed by atoms with E-state index < -0.39 is 5.92 Å². The zero-order valence-electron chi connectivity index (χ0n) is 13.9. The second-order valence-corrected chi connectivity index (χ2v) is 7.12. The van der Waals surface area contributed by atoms with Crippen LogP contribution in [0.25, 0.3) is 6.08 Å². The molecule has 1 aliphatic carbocycles. The summed E-state index contributed by atoms with van der Waals surface area (Å²) in [5.41, 5.74) is 5.22. The lowest BCUT2D eigenvalue weighted by atomic mass is 9.87. The minimum Gasteiger partial charge on any atom is -0.298 e. The molecule has 0 saturated heterocycles. The van der Waals surface area contributed by atoms with E-state index in [-0.39, 0.29) is 18.0 Å². The maximum atomic E-state index is 12.9. The van der Waals surface area contributed by atoms with Crippen LogP contribution in [0.4, 0.5) is 0 Å². The van der Waals surface area contributed by atoms with E-state index in [2.05, 4.69) is 20.9 Å². The van der Waals surface area contributed by atoms with Crippen molar-refractivity contribution in [2.75, 3.05) is 0 Å². The lowest BCUT2D eigenvalue weighted by Gasteiger charge is -2.15. The Balaban J connectivity index is 2.02. The molecule has 0 bridgehead atoms. The van der Waals surface area contributed by atoms with Gasteiger partial charge in [0.15, 0.2) is 11.6 Å². The Hall–Kier alpha value is -2.07. The summed E-state index contributed by atoms with van der Waals surface area (Å²) in [6.07, 6.45) is 1.90. The van der Waals surface area contributed by atoms with Crippen molar-refractivity contribution in [2.45, 2.75) is 33.1 Å². The minimum atomic E-state index is -0.677. The minimum absolute atomic E-state index is 0.0312. The number of nitrogens with zero attached hydrogens (tertiary/aromatic N) is 1. The topological polar surface area (TPSA) is 47.0 Å². The standard InChI is InChI=1S/C20H18BrNO2/c1-11-7-12(2)18(13(3)8-11)19-16(23)10-14(20(19)24)9-15-5-4-6-17(21)22-15/h4-9,19H,10H2,1-3H3. The van der Waals surface area contributed by atoms with Crippen LogP contribution < -0.4 is 0 Å². The SMILES string of the molecule is Cc1cc(C)c(C2C(=O)CC(=Cc3cccc(Br)n3)C2=O)c(C)c1. The molecule has 122 valence electrons. The highest BCUT2D eigenvalue weighted by Crippen LogP contribution is 2.36. The molecule has 1 aromatic heterocycles. The Morgan fingerprint density at radius 2 is 1.79 bits per heavy atom. The Morgan fingerprint density at radius 3 is 2.42 bits per heavy atom. The van der Waals surface area contributed by atoms with E-state index in [1.165, 1.54) is 0 Å². The molecule has 24 heavy (non-hydrogen) atoms. The van der Waals surface area contributed by atoms with Crippen molar-refractivity contribution in [3.8, 4) is 0 Å². The van der Waals surface area contributed by atoms with Gasteiger partial charge < -0.3 is 0 Å². The summed E-state index contributed by atoms with van der Waals surface area (Å²) in [7, 11) is 0. The van der Waals surface area contributed by atoms with Gasteiger partial charge in [-0.15, -0.1) is 0 Å². The van der Waals surface area contributed by atoms with Gasteiger partial charge in [0.2, 0.25) is 0 Å². The van der Waals surface area contributed by atoms with Crippen molar-refractivity contribution in [3.05, 3.63) is 68.5 Å². The Labute approximate surface area is 149 Å². The van der Waals surface area contributed by atoms with E-state index in [1.807, 2.05) is 51.1 Å². The lowest BCUT2D eigenvalue weighted by molar-refractivity contribution is -0.123. The molecule has 3 rings (SSSR count). The first-order valence-corrected chi connectivity index (χ1v) is 8.64. The van der Waals surface area contributed by atoms with Crippen molar-refractivity contribution in [1.29, 1.82) is 0 Å². The van der Waals surface area contributed by atoms with Crippen LogP contribution in [-0.4, -0.2) is 16.6 Å². The van der Waals surface area contributed by atoms with Gasteiger partial charge in [0.1, 0.15) is 10.5 Å². The van der Waals surface area contributed by atoms with Crippen molar-refractivity contribution < 1.29 is 9.59 Å².